The Labute approximate surface area is 172 Å². The third-order valence-electron chi connectivity index (χ3n) is 5.72. The molecule has 3 aromatic carbocycles. The van der Waals surface area contributed by atoms with Crippen molar-refractivity contribution in [2.75, 3.05) is 14.2 Å². The van der Waals surface area contributed by atoms with Crippen molar-refractivity contribution in [2.24, 2.45) is 0 Å². The first-order chi connectivity index (χ1) is 14.1. The molecule has 0 bridgehead atoms. The minimum absolute atomic E-state index is 0.180. The van der Waals surface area contributed by atoms with Crippen LogP contribution < -0.4 is 9.47 Å². The highest BCUT2D eigenvalue weighted by Gasteiger charge is 2.35. The van der Waals surface area contributed by atoms with Gasteiger partial charge in [-0.25, -0.2) is 0 Å². The highest BCUT2D eigenvalue weighted by atomic mass is 16.5. The van der Waals surface area contributed by atoms with Crippen LogP contribution in [0.15, 0.2) is 60.7 Å². The van der Waals surface area contributed by atoms with Gasteiger partial charge in [0.1, 0.15) is 11.5 Å². The van der Waals surface area contributed by atoms with Gasteiger partial charge < -0.3 is 14.4 Å². The second-order valence-electron chi connectivity index (χ2n) is 7.74. The highest BCUT2D eigenvalue weighted by Crippen LogP contribution is 2.33. The van der Waals surface area contributed by atoms with Gasteiger partial charge in [-0.3, -0.25) is 4.79 Å². The molecule has 0 aromatic heterocycles. The molecule has 0 radical (unpaired) electrons. The molecule has 4 heteroatoms. The van der Waals surface area contributed by atoms with Gasteiger partial charge in [0.25, 0.3) is 0 Å². The lowest BCUT2D eigenvalue weighted by molar-refractivity contribution is -0.133. The number of fused-ring (bicyclic) bond motifs is 1. The maximum absolute atomic E-state index is 13.4. The third kappa shape index (κ3) is 4.21. The van der Waals surface area contributed by atoms with Gasteiger partial charge in [0, 0.05) is 12.6 Å². The van der Waals surface area contributed by atoms with E-state index in [1.807, 2.05) is 54.3 Å². The average molecular weight is 389 g/mol. The molecule has 1 unspecified atom stereocenters. The van der Waals surface area contributed by atoms with E-state index < -0.39 is 0 Å². The Morgan fingerprint density at radius 1 is 0.931 bits per heavy atom. The van der Waals surface area contributed by atoms with Gasteiger partial charge in [-0.05, 0) is 65.9 Å². The maximum Gasteiger partial charge on any atom is 0.230 e. The summed E-state index contributed by atoms with van der Waals surface area (Å²) in [6.07, 6.45) is 2.18. The largest absolute Gasteiger partial charge is 0.497 e. The number of rotatable bonds is 7. The molecule has 29 heavy (non-hydrogen) atoms. The van der Waals surface area contributed by atoms with E-state index in [2.05, 4.69) is 18.2 Å². The Bertz CT molecular complexity index is 1010. The molecule has 1 aliphatic rings. The summed E-state index contributed by atoms with van der Waals surface area (Å²) < 4.78 is 10.5. The Balaban J connectivity index is 1.54. The van der Waals surface area contributed by atoms with E-state index in [-0.39, 0.29) is 11.8 Å². The molecule has 150 valence electrons. The standard InChI is InChI=1S/C25H27NO3/c1-17(19-6-7-21-15-24(29-3)13-8-20(21)14-19)25(27)26(22-9-10-22)16-18-4-11-23(28-2)12-5-18/h4-8,11-15,17,22H,9-10,16H2,1-3H3. The van der Waals surface area contributed by atoms with Crippen molar-refractivity contribution in [1.29, 1.82) is 0 Å². The molecule has 1 amide bonds. The number of hydrogen-bond donors (Lipinski definition) is 0. The Morgan fingerprint density at radius 3 is 2.21 bits per heavy atom. The Morgan fingerprint density at radius 2 is 1.55 bits per heavy atom. The number of carbonyl (C=O) groups excluding carboxylic acids is 1. The van der Waals surface area contributed by atoms with Crippen LogP contribution in [0, 0.1) is 0 Å². The van der Waals surface area contributed by atoms with E-state index >= 15 is 0 Å². The molecule has 1 saturated carbocycles. The van der Waals surface area contributed by atoms with E-state index in [4.69, 9.17) is 9.47 Å². The molecular formula is C25H27NO3. The van der Waals surface area contributed by atoms with Crippen molar-refractivity contribution in [3.8, 4) is 11.5 Å². The van der Waals surface area contributed by atoms with Gasteiger partial charge in [-0.15, -0.1) is 0 Å². The minimum Gasteiger partial charge on any atom is -0.497 e. The lowest BCUT2D eigenvalue weighted by Crippen LogP contribution is -2.35. The molecule has 0 saturated heterocycles. The van der Waals surface area contributed by atoms with Gasteiger partial charge in [-0.2, -0.15) is 0 Å². The van der Waals surface area contributed by atoms with Gasteiger partial charge >= 0.3 is 0 Å². The van der Waals surface area contributed by atoms with Crippen LogP contribution in [-0.2, 0) is 11.3 Å². The summed E-state index contributed by atoms with van der Waals surface area (Å²) in [7, 11) is 3.34. The fraction of sp³-hybridized carbons (Fsp3) is 0.320. The van der Waals surface area contributed by atoms with Gasteiger partial charge in [0.15, 0.2) is 0 Å². The van der Waals surface area contributed by atoms with E-state index in [0.717, 1.165) is 46.2 Å². The first kappa shape index (κ1) is 19.3. The normalized spacial score (nSPS) is 14.4. The Kier molecular flexibility index (Phi) is 5.43. The van der Waals surface area contributed by atoms with Crippen molar-refractivity contribution in [3.63, 3.8) is 0 Å². The fourth-order valence-electron chi connectivity index (χ4n) is 3.73. The molecule has 0 N–H and O–H groups in total. The molecule has 4 nitrogen and oxygen atoms in total. The van der Waals surface area contributed by atoms with Crippen LogP contribution in [0.1, 0.15) is 36.8 Å². The van der Waals surface area contributed by atoms with E-state index in [1.54, 1.807) is 14.2 Å². The summed E-state index contributed by atoms with van der Waals surface area (Å²) >= 11 is 0. The molecule has 0 heterocycles. The fourth-order valence-corrected chi connectivity index (χ4v) is 3.73. The SMILES string of the molecule is COc1ccc(CN(C(=O)C(C)c2ccc3cc(OC)ccc3c2)C2CC2)cc1. The zero-order valence-electron chi connectivity index (χ0n) is 17.2. The van der Waals surface area contributed by atoms with Crippen LogP contribution in [0.25, 0.3) is 10.8 Å². The predicted molar refractivity (Wildman–Crippen MR) is 115 cm³/mol. The number of benzene rings is 3. The Hall–Kier alpha value is -3.01. The molecule has 4 rings (SSSR count). The number of nitrogens with zero attached hydrogens (tertiary/aromatic N) is 1. The maximum atomic E-state index is 13.4. The molecule has 1 atom stereocenters. The van der Waals surface area contributed by atoms with Gasteiger partial charge in [0.05, 0.1) is 20.1 Å². The second kappa shape index (κ2) is 8.16. The summed E-state index contributed by atoms with van der Waals surface area (Å²) in [5.74, 6) is 1.68. The quantitative estimate of drug-likeness (QED) is 0.561. The van der Waals surface area contributed by atoms with Gasteiger partial charge in [0.2, 0.25) is 5.91 Å². The zero-order valence-corrected chi connectivity index (χ0v) is 17.2. The number of carbonyl (C=O) groups is 1. The summed E-state index contributed by atoms with van der Waals surface area (Å²) in [6.45, 7) is 2.65. The van der Waals surface area contributed by atoms with Crippen molar-refractivity contribution in [3.05, 3.63) is 71.8 Å². The van der Waals surface area contributed by atoms with E-state index in [9.17, 15) is 4.79 Å². The molecule has 0 spiro atoms. The van der Waals surface area contributed by atoms with Crippen LogP contribution in [0.5, 0.6) is 11.5 Å². The first-order valence-corrected chi connectivity index (χ1v) is 10.1. The van der Waals surface area contributed by atoms with Crippen LogP contribution in [-0.4, -0.2) is 31.1 Å². The zero-order chi connectivity index (χ0) is 20.4. The number of methoxy groups -OCH3 is 2. The predicted octanol–water partition coefficient (Wildman–Crippen LogP) is 5.15. The minimum atomic E-state index is -0.180. The van der Waals surface area contributed by atoms with Crippen molar-refractivity contribution < 1.29 is 14.3 Å². The molecule has 0 aliphatic heterocycles. The summed E-state index contributed by atoms with van der Waals surface area (Å²) in [5, 5.41) is 2.24. The lowest BCUT2D eigenvalue weighted by Gasteiger charge is -2.26. The summed E-state index contributed by atoms with van der Waals surface area (Å²) in [4.78, 5) is 15.4. The number of ether oxygens (including phenoxy) is 2. The van der Waals surface area contributed by atoms with E-state index in [0.29, 0.717) is 12.6 Å². The van der Waals surface area contributed by atoms with Crippen molar-refractivity contribution in [1.82, 2.24) is 4.90 Å². The molecule has 1 fully saturated rings. The number of hydrogen-bond acceptors (Lipinski definition) is 3. The monoisotopic (exact) mass is 389 g/mol. The summed E-state index contributed by atoms with van der Waals surface area (Å²) in [6, 6.07) is 20.6. The lowest BCUT2D eigenvalue weighted by atomic mass is 9.96. The second-order valence-corrected chi connectivity index (χ2v) is 7.74. The van der Waals surface area contributed by atoms with Crippen LogP contribution >= 0.6 is 0 Å². The number of amides is 1. The summed E-state index contributed by atoms with van der Waals surface area (Å²) in [5.41, 5.74) is 2.18. The third-order valence-corrected chi connectivity index (χ3v) is 5.72. The van der Waals surface area contributed by atoms with Crippen LogP contribution in [0.2, 0.25) is 0 Å². The van der Waals surface area contributed by atoms with Crippen molar-refractivity contribution >= 4 is 16.7 Å². The average Bonchev–Trinajstić information content (AvgIpc) is 3.61. The highest BCUT2D eigenvalue weighted by molar-refractivity contribution is 5.88. The molecular weight excluding hydrogens is 362 g/mol. The van der Waals surface area contributed by atoms with Crippen LogP contribution in [0.4, 0.5) is 0 Å². The van der Waals surface area contributed by atoms with Crippen molar-refractivity contribution in [2.45, 2.75) is 38.3 Å². The molecule has 1 aliphatic carbocycles. The smallest absolute Gasteiger partial charge is 0.230 e. The van der Waals surface area contributed by atoms with E-state index in [1.165, 1.54) is 0 Å². The molecule has 3 aromatic rings. The van der Waals surface area contributed by atoms with Gasteiger partial charge in [-0.1, -0.05) is 36.4 Å². The topological polar surface area (TPSA) is 38.8 Å². The first-order valence-electron chi connectivity index (χ1n) is 10.1. The van der Waals surface area contributed by atoms with Crippen LogP contribution in [0.3, 0.4) is 0 Å².